The van der Waals surface area contributed by atoms with Crippen LogP contribution in [0.4, 0.5) is 0 Å². The number of carbonyl (C=O) groups excluding carboxylic acids is 2. The third kappa shape index (κ3) is 7.79. The molecule has 98 valence electrons. The number of amides is 1. The van der Waals surface area contributed by atoms with Crippen molar-refractivity contribution in [2.75, 3.05) is 11.5 Å². The summed E-state index contributed by atoms with van der Waals surface area (Å²) >= 11 is 1.25. The van der Waals surface area contributed by atoms with Gasteiger partial charge in [0.2, 0.25) is 5.91 Å². The van der Waals surface area contributed by atoms with Gasteiger partial charge in [0.1, 0.15) is 0 Å². The van der Waals surface area contributed by atoms with Crippen LogP contribution in [0.15, 0.2) is 0 Å². The van der Waals surface area contributed by atoms with Gasteiger partial charge in [-0.05, 0) is 12.8 Å². The number of rotatable bonds is 8. The van der Waals surface area contributed by atoms with E-state index in [1.165, 1.54) is 18.7 Å². The normalized spacial score (nSPS) is 12.2. The summed E-state index contributed by atoms with van der Waals surface area (Å²) in [6.45, 7) is 5.18. The molecule has 0 saturated carbocycles. The number of Topliss-reactive ketones (excluding diaryl/α,β-unsaturated/α-hetero) is 1. The first kappa shape index (κ1) is 16.0. The zero-order chi connectivity index (χ0) is 13.4. The fraction of sp³-hybridized carbons (Fsp3) is 0.727. The first-order chi connectivity index (χ1) is 7.84. The van der Waals surface area contributed by atoms with Crippen molar-refractivity contribution in [1.82, 2.24) is 5.32 Å². The number of hydrogen-bond acceptors (Lipinski definition) is 4. The third-order valence-electron chi connectivity index (χ3n) is 2.11. The van der Waals surface area contributed by atoms with Crippen molar-refractivity contribution in [1.29, 1.82) is 0 Å². The lowest BCUT2D eigenvalue weighted by Gasteiger charge is -2.19. The number of carboxylic acids is 1. The highest BCUT2D eigenvalue weighted by Crippen LogP contribution is 2.05. The maximum atomic E-state index is 11.5. The Hall–Kier alpha value is -1.04. The Morgan fingerprint density at radius 2 is 1.88 bits per heavy atom. The molecule has 17 heavy (non-hydrogen) atoms. The van der Waals surface area contributed by atoms with Crippen LogP contribution in [-0.4, -0.2) is 40.3 Å². The summed E-state index contributed by atoms with van der Waals surface area (Å²) in [6, 6.07) is -0.456. The molecule has 0 saturated heterocycles. The van der Waals surface area contributed by atoms with E-state index in [-0.39, 0.29) is 29.8 Å². The molecular weight excluding hydrogens is 242 g/mol. The van der Waals surface area contributed by atoms with E-state index in [1.54, 1.807) is 0 Å². The number of carboxylic acid groups (broad SMARTS) is 1. The predicted molar refractivity (Wildman–Crippen MR) is 67.0 cm³/mol. The Balaban J connectivity index is 3.91. The maximum Gasteiger partial charge on any atom is 0.304 e. The van der Waals surface area contributed by atoms with E-state index in [1.807, 2.05) is 13.8 Å². The van der Waals surface area contributed by atoms with Gasteiger partial charge in [-0.15, -0.1) is 0 Å². The second-order valence-electron chi connectivity index (χ2n) is 4.10. The summed E-state index contributed by atoms with van der Waals surface area (Å²) < 4.78 is 0. The van der Waals surface area contributed by atoms with Crippen molar-refractivity contribution in [3.8, 4) is 0 Å². The summed E-state index contributed by atoms with van der Waals surface area (Å²) in [5.41, 5.74) is 0. The zero-order valence-electron chi connectivity index (χ0n) is 10.4. The molecule has 0 aliphatic carbocycles. The second kappa shape index (κ2) is 8.11. The van der Waals surface area contributed by atoms with Crippen LogP contribution in [0.1, 0.15) is 27.2 Å². The fourth-order valence-corrected chi connectivity index (χ4v) is 2.01. The van der Waals surface area contributed by atoms with E-state index in [0.717, 1.165) is 0 Å². The van der Waals surface area contributed by atoms with E-state index in [4.69, 9.17) is 5.11 Å². The molecule has 2 N–H and O–H groups in total. The van der Waals surface area contributed by atoms with Crippen molar-refractivity contribution >= 4 is 29.4 Å². The Morgan fingerprint density at radius 3 is 2.29 bits per heavy atom. The van der Waals surface area contributed by atoms with Gasteiger partial charge in [-0.25, -0.2) is 0 Å². The van der Waals surface area contributed by atoms with Crippen LogP contribution in [0.5, 0.6) is 0 Å². The molecule has 6 heteroatoms. The maximum absolute atomic E-state index is 11.5. The fourth-order valence-electron chi connectivity index (χ4n) is 1.28. The molecule has 1 atom stereocenters. The molecule has 0 aliphatic heterocycles. The standard InChI is InChI=1S/C11H19NO4S/c1-7(2)11(8(3)13)12-9(14)6-17-5-4-10(15)16/h7,11H,4-6H2,1-3H3,(H,12,14)(H,15,16). The monoisotopic (exact) mass is 261 g/mol. The number of nitrogens with one attached hydrogen (secondary N) is 1. The third-order valence-corrected chi connectivity index (χ3v) is 3.07. The lowest BCUT2D eigenvalue weighted by Crippen LogP contribution is -2.44. The first-order valence-electron chi connectivity index (χ1n) is 5.44. The molecule has 0 spiro atoms. The van der Waals surface area contributed by atoms with E-state index >= 15 is 0 Å². The molecule has 0 aromatic carbocycles. The highest BCUT2D eigenvalue weighted by Gasteiger charge is 2.20. The summed E-state index contributed by atoms with van der Waals surface area (Å²) in [5, 5.41) is 11.1. The Bertz CT molecular complexity index is 291. The first-order valence-corrected chi connectivity index (χ1v) is 6.59. The van der Waals surface area contributed by atoms with Crippen molar-refractivity contribution < 1.29 is 19.5 Å². The largest absolute Gasteiger partial charge is 0.481 e. The topological polar surface area (TPSA) is 83.5 Å². The van der Waals surface area contributed by atoms with Gasteiger partial charge in [-0.2, -0.15) is 11.8 Å². The molecule has 1 unspecified atom stereocenters. The average molecular weight is 261 g/mol. The van der Waals surface area contributed by atoms with Gasteiger partial charge < -0.3 is 10.4 Å². The van der Waals surface area contributed by atoms with E-state index < -0.39 is 12.0 Å². The number of carbonyl (C=O) groups is 3. The van der Waals surface area contributed by atoms with Crippen LogP contribution in [0.3, 0.4) is 0 Å². The summed E-state index contributed by atoms with van der Waals surface area (Å²) in [4.78, 5) is 33.0. The van der Waals surface area contributed by atoms with Crippen molar-refractivity contribution in [3.05, 3.63) is 0 Å². The highest BCUT2D eigenvalue weighted by molar-refractivity contribution is 7.99. The molecule has 0 aromatic heterocycles. The van der Waals surface area contributed by atoms with Gasteiger partial charge in [-0.1, -0.05) is 13.8 Å². The average Bonchev–Trinajstić information content (AvgIpc) is 2.19. The molecule has 5 nitrogen and oxygen atoms in total. The molecule has 0 rings (SSSR count). The summed E-state index contributed by atoms with van der Waals surface area (Å²) in [5.74, 6) is -0.528. The lowest BCUT2D eigenvalue weighted by atomic mass is 10.0. The number of hydrogen-bond donors (Lipinski definition) is 2. The van der Waals surface area contributed by atoms with E-state index in [2.05, 4.69) is 5.32 Å². The van der Waals surface area contributed by atoms with Crippen LogP contribution in [0.25, 0.3) is 0 Å². The minimum Gasteiger partial charge on any atom is -0.481 e. The minimum absolute atomic E-state index is 0.0399. The SMILES string of the molecule is CC(=O)C(NC(=O)CSCCC(=O)O)C(C)C. The van der Waals surface area contributed by atoms with Crippen LogP contribution in [0, 0.1) is 5.92 Å². The molecule has 0 bridgehead atoms. The number of aliphatic carboxylic acids is 1. The summed E-state index contributed by atoms with van der Waals surface area (Å²) in [7, 11) is 0. The van der Waals surface area contributed by atoms with Gasteiger partial charge >= 0.3 is 5.97 Å². The summed E-state index contributed by atoms with van der Waals surface area (Å²) in [6.07, 6.45) is 0.0399. The van der Waals surface area contributed by atoms with Gasteiger partial charge in [0.05, 0.1) is 18.2 Å². The van der Waals surface area contributed by atoms with Crippen LogP contribution in [-0.2, 0) is 14.4 Å². The van der Waals surface area contributed by atoms with E-state index in [9.17, 15) is 14.4 Å². The Morgan fingerprint density at radius 1 is 1.29 bits per heavy atom. The van der Waals surface area contributed by atoms with Gasteiger partial charge in [-0.3, -0.25) is 14.4 Å². The molecule has 1 amide bonds. The zero-order valence-corrected chi connectivity index (χ0v) is 11.2. The van der Waals surface area contributed by atoms with Crippen molar-refractivity contribution in [2.45, 2.75) is 33.2 Å². The van der Waals surface area contributed by atoms with Gasteiger partial charge in [0.25, 0.3) is 0 Å². The van der Waals surface area contributed by atoms with Crippen LogP contribution < -0.4 is 5.32 Å². The molecule has 0 heterocycles. The smallest absolute Gasteiger partial charge is 0.304 e. The van der Waals surface area contributed by atoms with Crippen molar-refractivity contribution in [2.24, 2.45) is 5.92 Å². The molecule has 0 radical (unpaired) electrons. The second-order valence-corrected chi connectivity index (χ2v) is 5.20. The number of ketones is 1. The Labute approximate surface area is 105 Å². The lowest BCUT2D eigenvalue weighted by molar-refractivity contribution is -0.136. The van der Waals surface area contributed by atoms with Gasteiger partial charge in [0.15, 0.2) is 5.78 Å². The van der Waals surface area contributed by atoms with Crippen LogP contribution >= 0.6 is 11.8 Å². The molecule has 0 fully saturated rings. The van der Waals surface area contributed by atoms with E-state index in [0.29, 0.717) is 5.75 Å². The molecule has 0 aromatic rings. The minimum atomic E-state index is -0.873. The molecule has 0 aliphatic rings. The van der Waals surface area contributed by atoms with Crippen LogP contribution in [0.2, 0.25) is 0 Å². The highest BCUT2D eigenvalue weighted by atomic mass is 32.2. The van der Waals surface area contributed by atoms with Crippen molar-refractivity contribution in [3.63, 3.8) is 0 Å². The number of thioether (sulfide) groups is 1. The molecular formula is C11H19NO4S. The van der Waals surface area contributed by atoms with Gasteiger partial charge in [0, 0.05) is 5.75 Å². The Kier molecular flexibility index (Phi) is 7.61. The quantitative estimate of drug-likeness (QED) is 0.635. The predicted octanol–water partition coefficient (Wildman–Crippen LogP) is 0.924.